The zero-order valence-corrected chi connectivity index (χ0v) is 14.8. The minimum atomic E-state index is -0.758. The maximum Gasteiger partial charge on any atom is 0.359 e. The van der Waals surface area contributed by atoms with Crippen molar-refractivity contribution >= 4 is 22.6 Å². The van der Waals surface area contributed by atoms with Crippen LogP contribution >= 0.6 is 0 Å². The van der Waals surface area contributed by atoms with Crippen LogP contribution in [0.2, 0.25) is 0 Å². The summed E-state index contributed by atoms with van der Waals surface area (Å²) in [6.45, 7) is 2.40. The Bertz CT molecular complexity index is 1010. The summed E-state index contributed by atoms with van der Waals surface area (Å²) in [6.07, 6.45) is 0. The molecule has 1 N–H and O–H groups in total. The van der Waals surface area contributed by atoms with Crippen LogP contribution in [0.4, 0.5) is 0 Å². The van der Waals surface area contributed by atoms with Crippen LogP contribution in [0.3, 0.4) is 0 Å². The van der Waals surface area contributed by atoms with E-state index in [1.54, 1.807) is 29.2 Å². The van der Waals surface area contributed by atoms with E-state index in [9.17, 15) is 14.4 Å². The molecule has 7 nitrogen and oxygen atoms in total. The van der Waals surface area contributed by atoms with Gasteiger partial charge in [0.2, 0.25) is 0 Å². The number of hydrogen-bond donors (Lipinski definition) is 1. The highest BCUT2D eigenvalue weighted by Crippen LogP contribution is 2.13. The Kier molecular flexibility index (Phi) is 5.61. The minimum Gasteiger partial charge on any atom is -0.451 e. The number of H-pyrrole nitrogens is 1. The normalized spacial score (nSPS) is 10.6. The fourth-order valence-corrected chi connectivity index (χ4v) is 2.74. The average molecular weight is 365 g/mol. The second kappa shape index (κ2) is 8.27. The number of amides is 1. The molecule has 0 fully saturated rings. The third-order valence-corrected chi connectivity index (χ3v) is 4.17. The monoisotopic (exact) mass is 365 g/mol. The molecule has 0 bridgehead atoms. The molecule has 3 rings (SSSR count). The number of aromatic amines is 1. The smallest absolute Gasteiger partial charge is 0.359 e. The van der Waals surface area contributed by atoms with Crippen LogP contribution in [0.25, 0.3) is 10.8 Å². The molecule has 0 spiro atoms. The summed E-state index contributed by atoms with van der Waals surface area (Å²) in [5.74, 6) is -1.06. The number of rotatable bonds is 6. The van der Waals surface area contributed by atoms with E-state index < -0.39 is 18.1 Å². The number of nitrogens with zero attached hydrogens (tertiary/aromatic N) is 2. The molecule has 1 amide bonds. The van der Waals surface area contributed by atoms with Gasteiger partial charge in [-0.25, -0.2) is 9.89 Å². The van der Waals surface area contributed by atoms with E-state index in [0.717, 1.165) is 5.56 Å². The molecule has 27 heavy (non-hydrogen) atoms. The molecule has 2 aromatic carbocycles. The first-order chi connectivity index (χ1) is 13.1. The molecule has 3 aromatic rings. The fraction of sp³-hybridized carbons (Fsp3) is 0.200. The Labute approximate surface area is 155 Å². The number of likely N-dealkylation sites (N-methyl/N-ethyl adjacent to an activating group) is 1. The number of esters is 1. The zero-order valence-electron chi connectivity index (χ0n) is 14.8. The predicted molar refractivity (Wildman–Crippen MR) is 100 cm³/mol. The molecule has 0 atom stereocenters. The van der Waals surface area contributed by atoms with Gasteiger partial charge >= 0.3 is 5.97 Å². The van der Waals surface area contributed by atoms with Crippen LogP contribution in [0, 0.1) is 0 Å². The summed E-state index contributed by atoms with van der Waals surface area (Å²) in [6, 6.07) is 16.2. The summed E-state index contributed by atoms with van der Waals surface area (Å²) in [4.78, 5) is 38.2. The molecule has 1 heterocycles. The maximum atomic E-state index is 12.4. The van der Waals surface area contributed by atoms with Crippen molar-refractivity contribution in [2.45, 2.75) is 13.5 Å². The number of carbonyl (C=O) groups is 2. The van der Waals surface area contributed by atoms with Crippen LogP contribution in [0.5, 0.6) is 0 Å². The minimum absolute atomic E-state index is 0.0240. The predicted octanol–water partition coefficient (Wildman–Crippen LogP) is 2.13. The number of benzene rings is 2. The van der Waals surface area contributed by atoms with Crippen LogP contribution in [0.15, 0.2) is 59.4 Å². The third-order valence-electron chi connectivity index (χ3n) is 4.17. The van der Waals surface area contributed by atoms with E-state index in [4.69, 9.17) is 4.74 Å². The van der Waals surface area contributed by atoms with Crippen LogP contribution < -0.4 is 5.56 Å². The second-order valence-electron chi connectivity index (χ2n) is 5.92. The summed E-state index contributed by atoms with van der Waals surface area (Å²) < 4.78 is 5.14. The summed E-state index contributed by atoms with van der Waals surface area (Å²) in [7, 11) is 0. The zero-order chi connectivity index (χ0) is 19.2. The molecular weight excluding hydrogens is 346 g/mol. The largest absolute Gasteiger partial charge is 0.451 e. The molecule has 1 aromatic heterocycles. The van der Waals surface area contributed by atoms with Crippen LogP contribution in [0.1, 0.15) is 23.0 Å². The maximum absolute atomic E-state index is 12.4. The van der Waals surface area contributed by atoms with E-state index in [1.807, 2.05) is 37.3 Å². The summed E-state index contributed by atoms with van der Waals surface area (Å²) >= 11 is 0. The molecule has 0 radical (unpaired) electrons. The first-order valence-electron chi connectivity index (χ1n) is 8.56. The molecule has 0 aliphatic heterocycles. The highest BCUT2D eigenvalue weighted by Gasteiger charge is 2.19. The molecule has 0 aliphatic carbocycles. The van der Waals surface area contributed by atoms with Gasteiger partial charge in [0.1, 0.15) is 0 Å². The number of fused-ring (bicyclic) bond motifs is 1. The lowest BCUT2D eigenvalue weighted by Gasteiger charge is -2.20. The van der Waals surface area contributed by atoms with Crippen molar-refractivity contribution in [3.63, 3.8) is 0 Å². The van der Waals surface area contributed by atoms with Gasteiger partial charge in [-0.3, -0.25) is 9.59 Å². The molecule has 0 saturated heterocycles. The van der Waals surface area contributed by atoms with Gasteiger partial charge in [-0.2, -0.15) is 5.10 Å². The van der Waals surface area contributed by atoms with Gasteiger partial charge in [-0.1, -0.05) is 48.5 Å². The highest BCUT2D eigenvalue weighted by atomic mass is 16.5. The third kappa shape index (κ3) is 4.20. The summed E-state index contributed by atoms with van der Waals surface area (Å²) in [5.41, 5.74) is 0.578. The van der Waals surface area contributed by atoms with Gasteiger partial charge in [0, 0.05) is 18.5 Å². The van der Waals surface area contributed by atoms with Crippen LogP contribution in [-0.2, 0) is 16.1 Å². The van der Waals surface area contributed by atoms with E-state index in [2.05, 4.69) is 10.2 Å². The van der Waals surface area contributed by atoms with Crippen molar-refractivity contribution in [3.05, 3.63) is 76.2 Å². The Morgan fingerprint density at radius 2 is 1.70 bits per heavy atom. The van der Waals surface area contributed by atoms with Crippen molar-refractivity contribution in [2.75, 3.05) is 13.2 Å². The number of nitrogens with one attached hydrogen (secondary N) is 1. The SMILES string of the molecule is CCN(Cc1ccccc1)C(=O)COC(=O)c1n[nH]c(=O)c2ccccc12. The second-order valence-corrected chi connectivity index (χ2v) is 5.92. The van der Waals surface area contributed by atoms with Gasteiger partial charge in [-0.15, -0.1) is 0 Å². The topological polar surface area (TPSA) is 92.4 Å². The quantitative estimate of drug-likeness (QED) is 0.676. The average Bonchev–Trinajstić information content (AvgIpc) is 2.71. The summed E-state index contributed by atoms with van der Waals surface area (Å²) in [5, 5.41) is 6.78. The Balaban J connectivity index is 1.69. The van der Waals surface area contributed by atoms with Gasteiger partial charge in [0.25, 0.3) is 11.5 Å². The number of aromatic nitrogens is 2. The van der Waals surface area contributed by atoms with E-state index in [1.165, 1.54) is 0 Å². The van der Waals surface area contributed by atoms with Gasteiger partial charge in [-0.05, 0) is 18.6 Å². The van der Waals surface area contributed by atoms with E-state index >= 15 is 0 Å². The number of hydrogen-bond acceptors (Lipinski definition) is 5. The van der Waals surface area contributed by atoms with E-state index in [-0.39, 0.29) is 11.6 Å². The van der Waals surface area contributed by atoms with Crippen molar-refractivity contribution in [1.29, 1.82) is 0 Å². The number of carbonyl (C=O) groups excluding carboxylic acids is 2. The standard InChI is InChI=1S/C20H19N3O4/c1-2-23(12-14-8-4-3-5-9-14)17(24)13-27-20(26)18-15-10-6-7-11-16(15)19(25)22-21-18/h3-11H,2,12-13H2,1H3,(H,22,25). The lowest BCUT2D eigenvalue weighted by atomic mass is 10.1. The molecule has 0 unspecified atom stereocenters. The molecule has 138 valence electrons. The lowest BCUT2D eigenvalue weighted by molar-refractivity contribution is -0.134. The van der Waals surface area contributed by atoms with Crippen molar-refractivity contribution in [2.24, 2.45) is 0 Å². The first-order valence-corrected chi connectivity index (χ1v) is 8.56. The van der Waals surface area contributed by atoms with Crippen molar-refractivity contribution in [1.82, 2.24) is 15.1 Å². The highest BCUT2D eigenvalue weighted by molar-refractivity contribution is 6.02. The Morgan fingerprint density at radius 1 is 1.04 bits per heavy atom. The molecule has 7 heteroatoms. The Hall–Kier alpha value is -3.48. The first kappa shape index (κ1) is 18.3. The fourth-order valence-electron chi connectivity index (χ4n) is 2.74. The Morgan fingerprint density at radius 3 is 2.41 bits per heavy atom. The van der Waals surface area contributed by atoms with Crippen molar-refractivity contribution < 1.29 is 14.3 Å². The van der Waals surface area contributed by atoms with Gasteiger partial charge in [0.15, 0.2) is 12.3 Å². The number of ether oxygens (including phenoxy) is 1. The van der Waals surface area contributed by atoms with Gasteiger partial charge < -0.3 is 9.64 Å². The van der Waals surface area contributed by atoms with Crippen molar-refractivity contribution in [3.8, 4) is 0 Å². The lowest BCUT2D eigenvalue weighted by Crippen LogP contribution is -2.34. The van der Waals surface area contributed by atoms with E-state index in [0.29, 0.717) is 23.9 Å². The molecule has 0 aliphatic rings. The van der Waals surface area contributed by atoms with Crippen LogP contribution in [-0.4, -0.2) is 40.1 Å². The molecular formula is C20H19N3O4. The molecule has 0 saturated carbocycles. The van der Waals surface area contributed by atoms with Gasteiger partial charge in [0.05, 0.1) is 5.39 Å².